The summed E-state index contributed by atoms with van der Waals surface area (Å²) < 4.78 is 83.6. The third-order valence-corrected chi connectivity index (χ3v) is 8.53. The van der Waals surface area contributed by atoms with Gasteiger partial charge >= 0.3 is 12.2 Å². The lowest BCUT2D eigenvalue weighted by atomic mass is 9.43. The van der Waals surface area contributed by atoms with E-state index in [0.717, 1.165) is 18.7 Å². The molecule has 1 aliphatic rings. The number of rotatable bonds is 10. The number of urea groups is 1. The molecule has 1 saturated heterocycles. The molecule has 4 heterocycles. The molecule has 0 bridgehead atoms. The highest BCUT2D eigenvalue weighted by molar-refractivity contribution is 6.48. The van der Waals surface area contributed by atoms with Crippen molar-refractivity contribution in [1.82, 2.24) is 40.4 Å². The van der Waals surface area contributed by atoms with Crippen molar-refractivity contribution in [3.8, 4) is 0 Å². The molecule has 240 valence electrons. The average Bonchev–Trinajstić information content (AvgIpc) is 3.54. The van der Waals surface area contributed by atoms with Crippen LogP contribution in [0.4, 0.5) is 26.7 Å². The molecule has 3 aromatic heterocycles. The fraction of sp³-hybridized carbons (Fsp3) is 0.583. The number of ether oxygens (including phenoxy) is 1. The van der Waals surface area contributed by atoms with E-state index < -0.39 is 52.2 Å². The van der Waals surface area contributed by atoms with Gasteiger partial charge in [-0.3, -0.25) is 4.79 Å². The van der Waals surface area contributed by atoms with E-state index in [0.29, 0.717) is 5.56 Å². The van der Waals surface area contributed by atoms with E-state index in [1.165, 1.54) is 68.4 Å². The van der Waals surface area contributed by atoms with Crippen LogP contribution < -0.4 is 10.6 Å². The maximum atomic E-state index is 15.7. The minimum absolute atomic E-state index is 0.135. The molecular weight excluding hydrogens is 603 g/mol. The second-order valence-corrected chi connectivity index (χ2v) is 12.9. The predicted molar refractivity (Wildman–Crippen MR) is 161 cm³/mol. The standard InChI is InChI=1S/C24H33B4F5N8O4/c1-11-17(39-45-38-11)18(42)36-13(5-6-20(2,3)24(31,32)33)14-9-40-16(35-14)7-12(8-34-40)15(10-44-4)41-19(43)37-22(25,26)21(29,30)23(41,27)28/h7-9,13,15H,5-6,10,25-28H2,1-4H3,(H,36,42)(H,37,43). The van der Waals surface area contributed by atoms with Crippen molar-refractivity contribution < 1.29 is 40.9 Å². The van der Waals surface area contributed by atoms with Crippen molar-refractivity contribution in [1.29, 1.82) is 0 Å². The van der Waals surface area contributed by atoms with Gasteiger partial charge in [-0.15, -0.1) is 0 Å². The normalized spacial score (nSPS) is 19.2. The first-order valence-corrected chi connectivity index (χ1v) is 14.1. The highest BCUT2D eigenvalue weighted by Crippen LogP contribution is 2.44. The molecule has 0 spiro atoms. The van der Waals surface area contributed by atoms with Crippen molar-refractivity contribution in [2.24, 2.45) is 5.41 Å². The second kappa shape index (κ2) is 11.6. The number of aryl methyl sites for hydroxylation is 1. The summed E-state index contributed by atoms with van der Waals surface area (Å²) >= 11 is 0. The average molecular weight is 636 g/mol. The zero-order valence-electron chi connectivity index (χ0n) is 26.2. The second-order valence-electron chi connectivity index (χ2n) is 12.9. The molecule has 2 atom stereocenters. The van der Waals surface area contributed by atoms with Crippen molar-refractivity contribution in [2.75, 3.05) is 13.7 Å². The van der Waals surface area contributed by atoms with Crippen molar-refractivity contribution in [3.63, 3.8) is 0 Å². The first kappa shape index (κ1) is 34.2. The van der Waals surface area contributed by atoms with E-state index in [9.17, 15) is 22.8 Å². The SMILES string of the molecule is BC1(B)NC(=O)N(C(COC)c2cnn3cc(C(CCC(C)(C)C(F)(F)F)NC(=O)c4nonc4C)nc3c2)C(B)(B)C1(F)F. The minimum atomic E-state index is -4.50. The van der Waals surface area contributed by atoms with Gasteiger partial charge in [0.1, 0.15) is 37.1 Å². The maximum Gasteiger partial charge on any atom is 0.393 e. The summed E-state index contributed by atoms with van der Waals surface area (Å²) in [6.45, 7) is 3.46. The number of hydrogen-bond acceptors (Lipinski definition) is 8. The van der Waals surface area contributed by atoms with Gasteiger partial charge in [0.25, 0.3) is 11.8 Å². The number of carbonyl (C=O) groups excluding carboxylic acids is 2. The Morgan fingerprint density at radius 2 is 1.87 bits per heavy atom. The number of alkyl halides is 5. The van der Waals surface area contributed by atoms with Gasteiger partial charge < -0.3 is 20.3 Å². The molecule has 3 amide bonds. The Morgan fingerprint density at radius 1 is 1.20 bits per heavy atom. The Labute approximate surface area is 259 Å². The van der Waals surface area contributed by atoms with Crippen LogP contribution in [0.5, 0.6) is 0 Å². The van der Waals surface area contributed by atoms with Crippen LogP contribution in [0, 0.1) is 12.3 Å². The summed E-state index contributed by atoms with van der Waals surface area (Å²) in [5, 5.41) is 12.7. The number of imidazole rings is 1. The Kier molecular flexibility index (Phi) is 8.85. The van der Waals surface area contributed by atoms with Gasteiger partial charge in [-0.1, -0.05) is 19.0 Å². The van der Waals surface area contributed by atoms with E-state index in [4.69, 9.17) is 4.74 Å². The monoisotopic (exact) mass is 636 g/mol. The van der Waals surface area contributed by atoms with E-state index in [2.05, 4.69) is 35.7 Å². The van der Waals surface area contributed by atoms with E-state index in [1.54, 1.807) is 0 Å². The van der Waals surface area contributed by atoms with Crippen LogP contribution >= 0.6 is 0 Å². The molecule has 0 aromatic carbocycles. The smallest absolute Gasteiger partial charge is 0.382 e. The summed E-state index contributed by atoms with van der Waals surface area (Å²) in [5.41, 5.74) is -1.32. The van der Waals surface area contributed by atoms with Gasteiger partial charge in [0.15, 0.2) is 11.3 Å². The molecule has 2 unspecified atom stereocenters. The lowest BCUT2D eigenvalue weighted by Gasteiger charge is -2.57. The largest absolute Gasteiger partial charge is 0.393 e. The number of carbonyl (C=O) groups is 2. The molecule has 1 fully saturated rings. The van der Waals surface area contributed by atoms with Crippen LogP contribution in [0.25, 0.3) is 5.65 Å². The maximum absolute atomic E-state index is 15.7. The highest BCUT2D eigenvalue weighted by atomic mass is 19.4. The number of fused-ring (bicyclic) bond motifs is 1. The first-order chi connectivity index (χ1) is 20.6. The first-order valence-electron chi connectivity index (χ1n) is 14.1. The lowest BCUT2D eigenvalue weighted by molar-refractivity contribution is -0.214. The lowest BCUT2D eigenvalue weighted by Crippen LogP contribution is -2.83. The number of nitrogens with one attached hydrogen (secondary N) is 2. The molecule has 12 nitrogen and oxygen atoms in total. The van der Waals surface area contributed by atoms with Gasteiger partial charge in [-0.05, 0) is 31.0 Å². The Bertz CT molecular complexity index is 1580. The Balaban J connectivity index is 1.72. The quantitative estimate of drug-likeness (QED) is 0.224. The van der Waals surface area contributed by atoms with Crippen LogP contribution in [0.3, 0.4) is 0 Å². The molecular formula is C24H33B4F5N8O4. The predicted octanol–water partition coefficient (Wildman–Crippen LogP) is -0.551. The van der Waals surface area contributed by atoms with E-state index >= 15 is 8.78 Å². The number of methoxy groups -OCH3 is 1. The summed E-state index contributed by atoms with van der Waals surface area (Å²) in [7, 11) is 6.42. The van der Waals surface area contributed by atoms with Crippen molar-refractivity contribution in [2.45, 2.75) is 68.5 Å². The summed E-state index contributed by atoms with van der Waals surface area (Å²) in [6.07, 6.45) is -2.20. The van der Waals surface area contributed by atoms with Crippen molar-refractivity contribution in [3.05, 3.63) is 41.1 Å². The fourth-order valence-electron chi connectivity index (χ4n) is 5.45. The molecule has 45 heavy (non-hydrogen) atoms. The summed E-state index contributed by atoms with van der Waals surface area (Å²) in [5.74, 6) is -4.10. The zero-order chi connectivity index (χ0) is 33.8. The summed E-state index contributed by atoms with van der Waals surface area (Å²) in [4.78, 5) is 31.8. The third-order valence-electron chi connectivity index (χ3n) is 8.53. The van der Waals surface area contributed by atoms with Gasteiger partial charge in [-0.25, -0.2) is 27.7 Å². The Hall–Kier alpha value is -3.63. The van der Waals surface area contributed by atoms with Gasteiger partial charge in [0.05, 0.1) is 42.2 Å². The Morgan fingerprint density at radius 3 is 2.44 bits per heavy atom. The topological polar surface area (TPSA) is 140 Å². The zero-order valence-corrected chi connectivity index (χ0v) is 26.2. The molecule has 3 aromatic rings. The van der Waals surface area contributed by atoms with Gasteiger partial charge in [0.2, 0.25) is 0 Å². The molecule has 21 heteroatoms. The molecule has 1 aliphatic heterocycles. The minimum Gasteiger partial charge on any atom is -0.382 e. The number of halogens is 5. The van der Waals surface area contributed by atoms with E-state index in [1.807, 2.05) is 0 Å². The van der Waals surface area contributed by atoms with Gasteiger partial charge in [0, 0.05) is 23.3 Å². The van der Waals surface area contributed by atoms with Crippen LogP contribution in [0.1, 0.15) is 66.2 Å². The molecule has 0 radical (unpaired) electrons. The molecule has 0 aliphatic carbocycles. The molecule has 2 N–H and O–H groups in total. The van der Waals surface area contributed by atoms with Crippen molar-refractivity contribution >= 4 is 49.0 Å². The van der Waals surface area contributed by atoms with Crippen LogP contribution in [-0.2, 0) is 4.74 Å². The number of amides is 3. The summed E-state index contributed by atoms with van der Waals surface area (Å²) in [6, 6.07) is -1.24. The van der Waals surface area contributed by atoms with Crippen LogP contribution in [0.2, 0.25) is 0 Å². The highest BCUT2D eigenvalue weighted by Gasteiger charge is 2.65. The van der Waals surface area contributed by atoms with Crippen LogP contribution in [-0.4, -0.2) is 110 Å². The number of hydrogen-bond donors (Lipinski definition) is 2. The van der Waals surface area contributed by atoms with Gasteiger partial charge in [-0.2, -0.15) is 18.3 Å². The van der Waals surface area contributed by atoms with Crippen LogP contribution in [0.15, 0.2) is 23.1 Å². The number of nitrogens with zero attached hydrogens (tertiary/aromatic N) is 6. The van der Waals surface area contributed by atoms with E-state index in [-0.39, 0.29) is 42.2 Å². The fourth-order valence-corrected chi connectivity index (χ4v) is 5.45. The third kappa shape index (κ3) is 6.14. The number of aromatic nitrogens is 5. The molecule has 0 saturated carbocycles. The molecule has 4 rings (SSSR count).